The Labute approximate surface area is 206 Å². The first-order valence-electron chi connectivity index (χ1n) is 12.2. The average Bonchev–Trinajstić information content (AvgIpc) is 3.57. The second-order valence-corrected chi connectivity index (χ2v) is 8.80. The van der Waals surface area contributed by atoms with Gasteiger partial charge in [0.25, 0.3) is 0 Å². The van der Waals surface area contributed by atoms with Gasteiger partial charge >= 0.3 is 0 Å². The Balaban J connectivity index is 1.28. The van der Waals surface area contributed by atoms with E-state index in [0.717, 1.165) is 54.9 Å². The molecule has 0 N–H and O–H groups in total. The summed E-state index contributed by atoms with van der Waals surface area (Å²) in [4.78, 5) is 4.58. The van der Waals surface area contributed by atoms with Gasteiger partial charge in [0, 0.05) is 42.5 Å². The van der Waals surface area contributed by atoms with Crippen LogP contribution in [0.2, 0.25) is 0 Å². The second-order valence-electron chi connectivity index (χ2n) is 8.80. The number of hydrogen-bond acceptors (Lipinski definition) is 4. The summed E-state index contributed by atoms with van der Waals surface area (Å²) in [5, 5.41) is 4.26. The van der Waals surface area contributed by atoms with E-state index in [-0.39, 0.29) is 12.4 Å². The van der Waals surface area contributed by atoms with E-state index in [2.05, 4.69) is 69.0 Å². The minimum atomic E-state index is -0.147. The van der Waals surface area contributed by atoms with Crippen molar-refractivity contribution in [1.82, 2.24) is 19.3 Å². The first kappa shape index (κ1) is 23.1. The van der Waals surface area contributed by atoms with Gasteiger partial charge in [-0.05, 0) is 61.6 Å². The number of benzene rings is 2. The van der Waals surface area contributed by atoms with Gasteiger partial charge in [-0.2, -0.15) is 5.10 Å². The molecule has 5 rings (SSSR count). The van der Waals surface area contributed by atoms with Crippen LogP contribution in [0.1, 0.15) is 60.4 Å². The van der Waals surface area contributed by atoms with E-state index in [1.54, 1.807) is 6.20 Å². The molecule has 1 saturated heterocycles. The van der Waals surface area contributed by atoms with Gasteiger partial charge in [0.1, 0.15) is 11.9 Å². The van der Waals surface area contributed by atoms with Crippen LogP contribution in [-0.2, 0) is 22.6 Å². The highest BCUT2D eigenvalue weighted by molar-refractivity contribution is 5.47. The number of hydrogen-bond donors (Lipinski definition) is 0. The molecule has 0 bridgehead atoms. The summed E-state index contributed by atoms with van der Waals surface area (Å²) in [6, 6.07) is 18.5. The molecular formula is C29H30N4O2. The van der Waals surface area contributed by atoms with Crippen LogP contribution in [0.5, 0.6) is 0 Å². The summed E-state index contributed by atoms with van der Waals surface area (Å²) < 4.78 is 16.0. The standard InChI is InChI=1S/C29H30N4O2/c1-23(35-28-9-4-5-20-34-28)29-30-17-19-32(29)22-27-8-3-2-7-26(27)15-14-24-10-12-25(13-11-24)21-33-18-6-16-31-33/h2-3,6-8,10-13,16-19,23,28H,4-5,9,20-22H2,1H3/t23-,28?/m0/s1. The molecule has 0 aliphatic carbocycles. The van der Waals surface area contributed by atoms with Gasteiger partial charge in [-0.3, -0.25) is 4.68 Å². The normalized spacial score (nSPS) is 16.4. The van der Waals surface area contributed by atoms with Gasteiger partial charge in [-0.25, -0.2) is 4.98 Å². The van der Waals surface area contributed by atoms with Crippen molar-refractivity contribution < 1.29 is 9.47 Å². The summed E-state index contributed by atoms with van der Waals surface area (Å²) in [5.41, 5.74) is 4.34. The molecule has 35 heavy (non-hydrogen) atoms. The Kier molecular flexibility index (Phi) is 7.38. The smallest absolute Gasteiger partial charge is 0.158 e. The van der Waals surface area contributed by atoms with Gasteiger partial charge in [-0.1, -0.05) is 42.2 Å². The van der Waals surface area contributed by atoms with Crippen molar-refractivity contribution in [2.45, 2.75) is 51.7 Å². The average molecular weight is 467 g/mol. The highest BCUT2D eigenvalue weighted by Crippen LogP contribution is 2.23. The van der Waals surface area contributed by atoms with Crippen LogP contribution in [0.15, 0.2) is 79.4 Å². The van der Waals surface area contributed by atoms with Gasteiger partial charge in [0.05, 0.1) is 13.1 Å². The SMILES string of the molecule is C[C@H](OC1CCCCO1)c1nccn1Cc1ccccc1C#Cc1ccc(Cn2cccn2)cc1. The maximum Gasteiger partial charge on any atom is 0.158 e. The Morgan fingerprint density at radius 3 is 2.69 bits per heavy atom. The molecule has 6 heteroatoms. The van der Waals surface area contributed by atoms with Crippen LogP contribution in [0, 0.1) is 11.8 Å². The third-order valence-corrected chi connectivity index (χ3v) is 6.16. The van der Waals surface area contributed by atoms with Crippen LogP contribution in [0.25, 0.3) is 0 Å². The summed E-state index contributed by atoms with van der Waals surface area (Å²) in [6.45, 7) is 4.25. The van der Waals surface area contributed by atoms with Crippen molar-refractivity contribution >= 4 is 0 Å². The molecule has 0 spiro atoms. The lowest BCUT2D eigenvalue weighted by atomic mass is 10.1. The van der Waals surface area contributed by atoms with Crippen LogP contribution in [-0.4, -0.2) is 32.2 Å². The molecule has 2 aromatic carbocycles. The van der Waals surface area contributed by atoms with Gasteiger partial charge < -0.3 is 14.0 Å². The van der Waals surface area contributed by atoms with Crippen molar-refractivity contribution in [3.05, 3.63) is 107 Å². The number of rotatable bonds is 7. The first-order chi connectivity index (χ1) is 17.2. The third-order valence-electron chi connectivity index (χ3n) is 6.16. The Morgan fingerprint density at radius 2 is 1.89 bits per heavy atom. The summed E-state index contributed by atoms with van der Waals surface area (Å²) in [6.07, 6.45) is 10.5. The van der Waals surface area contributed by atoms with Gasteiger partial charge in [-0.15, -0.1) is 0 Å². The molecule has 178 valence electrons. The molecule has 0 radical (unpaired) electrons. The van der Waals surface area contributed by atoms with E-state index in [4.69, 9.17) is 9.47 Å². The van der Waals surface area contributed by atoms with Crippen LogP contribution >= 0.6 is 0 Å². The van der Waals surface area contributed by atoms with E-state index in [0.29, 0.717) is 6.54 Å². The Hall–Kier alpha value is -3.66. The topological polar surface area (TPSA) is 54.1 Å². The van der Waals surface area contributed by atoms with Gasteiger partial charge in [0.15, 0.2) is 6.29 Å². The molecule has 0 amide bonds. The molecule has 0 saturated carbocycles. The molecular weight excluding hydrogens is 436 g/mol. The Bertz CT molecular complexity index is 1280. The fraction of sp³-hybridized carbons (Fsp3) is 0.310. The Morgan fingerprint density at radius 1 is 1.00 bits per heavy atom. The summed E-state index contributed by atoms with van der Waals surface area (Å²) in [7, 11) is 0. The molecule has 1 unspecified atom stereocenters. The van der Waals surface area contributed by atoms with Crippen molar-refractivity contribution in [2.75, 3.05) is 6.61 Å². The molecule has 1 aliphatic rings. The van der Waals surface area contributed by atoms with E-state index >= 15 is 0 Å². The van der Waals surface area contributed by atoms with Crippen LogP contribution in [0.4, 0.5) is 0 Å². The molecule has 1 aliphatic heterocycles. The fourth-order valence-corrected chi connectivity index (χ4v) is 4.30. The van der Waals surface area contributed by atoms with Crippen molar-refractivity contribution in [1.29, 1.82) is 0 Å². The minimum absolute atomic E-state index is 0.145. The largest absolute Gasteiger partial charge is 0.353 e. The number of ether oxygens (including phenoxy) is 2. The molecule has 4 aromatic rings. The van der Waals surface area contributed by atoms with E-state index in [9.17, 15) is 0 Å². The lowest BCUT2D eigenvalue weighted by molar-refractivity contribution is -0.188. The monoisotopic (exact) mass is 466 g/mol. The maximum atomic E-state index is 6.15. The lowest BCUT2D eigenvalue weighted by Crippen LogP contribution is -2.24. The van der Waals surface area contributed by atoms with Crippen LogP contribution in [0.3, 0.4) is 0 Å². The number of imidazole rings is 1. The molecule has 2 atom stereocenters. The number of aromatic nitrogens is 4. The molecule has 6 nitrogen and oxygen atoms in total. The van der Waals surface area contributed by atoms with E-state index in [1.165, 1.54) is 5.56 Å². The highest BCUT2D eigenvalue weighted by atomic mass is 16.7. The molecule has 2 aromatic heterocycles. The van der Waals surface area contributed by atoms with E-state index < -0.39 is 0 Å². The minimum Gasteiger partial charge on any atom is -0.353 e. The van der Waals surface area contributed by atoms with Gasteiger partial charge in [0.2, 0.25) is 0 Å². The van der Waals surface area contributed by atoms with Crippen molar-refractivity contribution in [3.8, 4) is 11.8 Å². The zero-order chi connectivity index (χ0) is 23.9. The highest BCUT2D eigenvalue weighted by Gasteiger charge is 2.21. The van der Waals surface area contributed by atoms with E-state index in [1.807, 2.05) is 42.3 Å². The molecule has 3 heterocycles. The maximum absolute atomic E-state index is 6.15. The fourth-order valence-electron chi connectivity index (χ4n) is 4.30. The predicted molar refractivity (Wildman–Crippen MR) is 135 cm³/mol. The molecule has 1 fully saturated rings. The summed E-state index contributed by atoms with van der Waals surface area (Å²) in [5.74, 6) is 7.59. The van der Waals surface area contributed by atoms with Crippen molar-refractivity contribution in [2.24, 2.45) is 0 Å². The number of nitrogens with zero attached hydrogens (tertiary/aromatic N) is 4. The zero-order valence-corrected chi connectivity index (χ0v) is 20.0. The first-order valence-corrected chi connectivity index (χ1v) is 12.2. The van der Waals surface area contributed by atoms with Crippen LogP contribution < -0.4 is 0 Å². The quantitative estimate of drug-likeness (QED) is 0.352. The zero-order valence-electron chi connectivity index (χ0n) is 20.0. The van der Waals surface area contributed by atoms with Crippen molar-refractivity contribution in [3.63, 3.8) is 0 Å². The summed E-state index contributed by atoms with van der Waals surface area (Å²) >= 11 is 0. The predicted octanol–water partition coefficient (Wildman–Crippen LogP) is 5.18. The lowest BCUT2D eigenvalue weighted by Gasteiger charge is -2.26. The third kappa shape index (κ3) is 6.07. The second kappa shape index (κ2) is 11.2.